The van der Waals surface area contributed by atoms with Crippen LogP contribution in [0.25, 0.3) is 11.6 Å². The summed E-state index contributed by atoms with van der Waals surface area (Å²) in [5.74, 6) is -0.215. The Balaban J connectivity index is 2.14. The van der Waals surface area contributed by atoms with Crippen molar-refractivity contribution >= 4 is 17.6 Å². The number of rotatable bonds is 1. The van der Waals surface area contributed by atoms with Crippen LogP contribution in [-0.2, 0) is 16.1 Å². The minimum Gasteiger partial charge on any atom is -0.507 e. The van der Waals surface area contributed by atoms with Gasteiger partial charge in [0.25, 0.3) is 0 Å². The minimum absolute atomic E-state index is 0.144. The smallest absolute Gasteiger partial charge is 0.339 e. The lowest BCUT2D eigenvalue weighted by atomic mass is 9.96. The Labute approximate surface area is 110 Å². The van der Waals surface area contributed by atoms with E-state index in [1.165, 1.54) is 0 Å². The average molecular weight is 252 g/mol. The van der Waals surface area contributed by atoms with Crippen molar-refractivity contribution in [2.45, 2.75) is 6.61 Å². The van der Waals surface area contributed by atoms with Gasteiger partial charge in [0.05, 0.1) is 5.57 Å². The van der Waals surface area contributed by atoms with E-state index in [2.05, 4.69) is 0 Å². The summed E-state index contributed by atoms with van der Waals surface area (Å²) in [7, 11) is 0. The molecule has 1 heterocycles. The number of fused-ring (bicyclic) bond motifs is 1. The van der Waals surface area contributed by atoms with Gasteiger partial charge in [-0.3, -0.25) is 0 Å². The first kappa shape index (κ1) is 11.5. The van der Waals surface area contributed by atoms with Crippen molar-refractivity contribution in [3.05, 3.63) is 65.2 Å². The number of esters is 1. The van der Waals surface area contributed by atoms with E-state index >= 15 is 0 Å². The number of aromatic hydroxyl groups is 1. The number of phenols is 1. The van der Waals surface area contributed by atoms with Crippen molar-refractivity contribution in [3.63, 3.8) is 0 Å². The van der Waals surface area contributed by atoms with Gasteiger partial charge in [-0.15, -0.1) is 0 Å². The lowest BCUT2D eigenvalue weighted by Gasteiger charge is -2.18. The molecule has 0 aromatic heterocycles. The number of phenolic OH excluding ortho intramolecular Hbond substituents is 1. The second-order valence-corrected chi connectivity index (χ2v) is 4.35. The van der Waals surface area contributed by atoms with Gasteiger partial charge in [0.15, 0.2) is 0 Å². The van der Waals surface area contributed by atoms with Crippen LogP contribution in [0.2, 0.25) is 0 Å². The van der Waals surface area contributed by atoms with E-state index in [-0.39, 0.29) is 11.7 Å². The van der Waals surface area contributed by atoms with Crippen LogP contribution in [0.5, 0.6) is 5.75 Å². The molecule has 2 aromatic carbocycles. The Morgan fingerprint density at radius 2 is 1.79 bits per heavy atom. The third-order valence-corrected chi connectivity index (χ3v) is 3.12. The molecule has 0 bridgehead atoms. The third kappa shape index (κ3) is 2.10. The highest BCUT2D eigenvalue weighted by Gasteiger charge is 2.22. The minimum atomic E-state index is -0.359. The maximum atomic E-state index is 11.9. The number of para-hydroxylation sites is 1. The molecule has 3 nitrogen and oxygen atoms in total. The fourth-order valence-corrected chi connectivity index (χ4v) is 2.14. The molecule has 1 N–H and O–H groups in total. The highest BCUT2D eigenvalue weighted by atomic mass is 16.5. The molecular formula is C16H12O3. The average Bonchev–Trinajstić information content (AvgIpc) is 2.44. The number of ether oxygens (including phenoxy) is 1. The van der Waals surface area contributed by atoms with Crippen LogP contribution in [0.3, 0.4) is 0 Å². The summed E-state index contributed by atoms with van der Waals surface area (Å²) < 4.78 is 5.14. The van der Waals surface area contributed by atoms with E-state index < -0.39 is 0 Å². The largest absolute Gasteiger partial charge is 0.507 e. The molecule has 1 aliphatic heterocycles. The Kier molecular flexibility index (Phi) is 2.80. The summed E-state index contributed by atoms with van der Waals surface area (Å²) in [6.45, 7) is 0.299. The first-order chi connectivity index (χ1) is 9.25. The monoisotopic (exact) mass is 252 g/mol. The standard InChI is InChI=1S/C16H12O3/c17-15-8-4-2-5-11(15)9-14-13-7-3-1-6-12(13)10-19-16(14)18/h1-9,17H,10H2/b14-9+. The Bertz CT molecular complexity index is 671. The predicted octanol–water partition coefficient (Wildman–Crippen LogP) is 2.99. The first-order valence-corrected chi connectivity index (χ1v) is 6.01. The molecule has 1 aliphatic rings. The van der Waals surface area contributed by atoms with E-state index in [9.17, 15) is 9.90 Å². The highest BCUT2D eigenvalue weighted by Crippen LogP contribution is 2.30. The maximum Gasteiger partial charge on any atom is 0.339 e. The van der Waals surface area contributed by atoms with Crippen molar-refractivity contribution in [1.29, 1.82) is 0 Å². The fourth-order valence-electron chi connectivity index (χ4n) is 2.14. The topological polar surface area (TPSA) is 46.5 Å². The number of cyclic esters (lactones) is 1. The molecule has 0 atom stereocenters. The molecule has 0 fully saturated rings. The summed E-state index contributed by atoms with van der Waals surface area (Å²) in [6, 6.07) is 14.5. The molecule has 0 radical (unpaired) electrons. The molecule has 19 heavy (non-hydrogen) atoms. The molecule has 3 rings (SSSR count). The van der Waals surface area contributed by atoms with Gasteiger partial charge < -0.3 is 9.84 Å². The molecule has 0 saturated heterocycles. The lowest BCUT2D eigenvalue weighted by Crippen LogP contribution is -2.15. The lowest BCUT2D eigenvalue weighted by molar-refractivity contribution is -0.138. The summed E-state index contributed by atoms with van der Waals surface area (Å²) >= 11 is 0. The maximum absolute atomic E-state index is 11.9. The van der Waals surface area contributed by atoms with Gasteiger partial charge in [-0.25, -0.2) is 4.79 Å². The van der Waals surface area contributed by atoms with Gasteiger partial charge in [0, 0.05) is 5.56 Å². The molecule has 0 aliphatic carbocycles. The van der Waals surface area contributed by atoms with Crippen LogP contribution in [0, 0.1) is 0 Å². The number of carbonyl (C=O) groups is 1. The quantitative estimate of drug-likeness (QED) is 0.627. The molecule has 0 spiro atoms. The van der Waals surface area contributed by atoms with Gasteiger partial charge in [0.1, 0.15) is 12.4 Å². The zero-order valence-corrected chi connectivity index (χ0v) is 10.2. The van der Waals surface area contributed by atoms with Crippen LogP contribution in [0.4, 0.5) is 0 Å². The molecule has 3 heteroatoms. The van der Waals surface area contributed by atoms with Gasteiger partial charge >= 0.3 is 5.97 Å². The molecule has 0 unspecified atom stereocenters. The van der Waals surface area contributed by atoms with Crippen molar-refractivity contribution < 1.29 is 14.6 Å². The zero-order valence-electron chi connectivity index (χ0n) is 10.2. The number of benzene rings is 2. The first-order valence-electron chi connectivity index (χ1n) is 6.01. The van der Waals surface area contributed by atoms with Crippen molar-refractivity contribution in [2.75, 3.05) is 0 Å². The SMILES string of the molecule is O=C1OCc2ccccc2/C1=C\c1ccccc1O. The van der Waals surface area contributed by atoms with Crippen LogP contribution in [-0.4, -0.2) is 11.1 Å². The summed E-state index contributed by atoms with van der Waals surface area (Å²) in [5.41, 5.74) is 2.92. The highest BCUT2D eigenvalue weighted by molar-refractivity contribution is 6.22. The zero-order chi connectivity index (χ0) is 13.2. The number of carbonyl (C=O) groups excluding carboxylic acids is 1. The van der Waals surface area contributed by atoms with Gasteiger partial charge in [-0.2, -0.15) is 0 Å². The van der Waals surface area contributed by atoms with Crippen LogP contribution in [0.1, 0.15) is 16.7 Å². The van der Waals surface area contributed by atoms with E-state index in [0.717, 1.165) is 11.1 Å². The summed E-state index contributed by atoms with van der Waals surface area (Å²) in [4.78, 5) is 11.9. The predicted molar refractivity (Wildman–Crippen MR) is 72.2 cm³/mol. The summed E-state index contributed by atoms with van der Waals surface area (Å²) in [5, 5.41) is 9.78. The van der Waals surface area contributed by atoms with Gasteiger partial charge in [0.2, 0.25) is 0 Å². The second-order valence-electron chi connectivity index (χ2n) is 4.35. The van der Waals surface area contributed by atoms with Crippen molar-refractivity contribution in [2.24, 2.45) is 0 Å². The molecule has 94 valence electrons. The second kappa shape index (κ2) is 4.61. The Morgan fingerprint density at radius 3 is 2.63 bits per heavy atom. The van der Waals surface area contributed by atoms with Crippen LogP contribution in [0.15, 0.2) is 48.5 Å². The van der Waals surface area contributed by atoms with Crippen molar-refractivity contribution in [1.82, 2.24) is 0 Å². The molecule has 0 amide bonds. The molecule has 0 saturated carbocycles. The van der Waals surface area contributed by atoms with E-state index in [0.29, 0.717) is 17.7 Å². The third-order valence-electron chi connectivity index (χ3n) is 3.12. The normalized spacial score (nSPS) is 16.0. The Morgan fingerprint density at radius 1 is 1.05 bits per heavy atom. The van der Waals surface area contributed by atoms with Gasteiger partial charge in [-0.05, 0) is 23.3 Å². The Hall–Kier alpha value is -2.55. The molecular weight excluding hydrogens is 240 g/mol. The van der Waals surface area contributed by atoms with Crippen LogP contribution < -0.4 is 0 Å². The van der Waals surface area contributed by atoms with E-state index in [4.69, 9.17) is 4.74 Å². The van der Waals surface area contributed by atoms with Crippen LogP contribution >= 0.6 is 0 Å². The number of hydrogen-bond acceptors (Lipinski definition) is 3. The summed E-state index contributed by atoms with van der Waals surface area (Å²) in [6.07, 6.45) is 1.66. The van der Waals surface area contributed by atoms with E-state index in [1.807, 2.05) is 30.3 Å². The molecule has 2 aromatic rings. The number of hydrogen-bond donors (Lipinski definition) is 1. The fraction of sp³-hybridized carbons (Fsp3) is 0.0625. The van der Waals surface area contributed by atoms with E-state index in [1.54, 1.807) is 24.3 Å². The van der Waals surface area contributed by atoms with Gasteiger partial charge in [-0.1, -0.05) is 42.5 Å². The van der Waals surface area contributed by atoms with Crippen molar-refractivity contribution in [3.8, 4) is 5.75 Å².